The molecule has 1 aromatic heterocycles. The lowest BCUT2D eigenvalue weighted by atomic mass is 9.80. The molecular formula is C28H44N4. The Kier molecular flexibility index (Phi) is 6.57. The van der Waals surface area contributed by atoms with Gasteiger partial charge in [-0.1, -0.05) is 31.2 Å². The topological polar surface area (TPSA) is 35.2 Å². The van der Waals surface area contributed by atoms with Gasteiger partial charge >= 0.3 is 0 Å². The quantitative estimate of drug-likeness (QED) is 0.581. The fraction of sp³-hybridized carbons (Fsp3) is 0.679. The van der Waals surface area contributed by atoms with E-state index in [-0.39, 0.29) is 11.1 Å². The van der Waals surface area contributed by atoms with Crippen LogP contribution in [-0.4, -0.2) is 44.2 Å². The van der Waals surface area contributed by atoms with Crippen LogP contribution in [0.15, 0.2) is 36.7 Å². The van der Waals surface area contributed by atoms with Crippen molar-refractivity contribution in [2.24, 2.45) is 5.92 Å². The van der Waals surface area contributed by atoms with Gasteiger partial charge in [-0.05, 0) is 96.7 Å². The Morgan fingerprint density at radius 3 is 2.09 bits per heavy atom. The number of aromatic nitrogens is 2. The first-order chi connectivity index (χ1) is 15.1. The zero-order valence-electron chi connectivity index (χ0n) is 21.4. The van der Waals surface area contributed by atoms with Gasteiger partial charge in [0.15, 0.2) is 0 Å². The van der Waals surface area contributed by atoms with Crippen molar-refractivity contribution in [1.29, 1.82) is 0 Å². The number of nitrogens with one attached hydrogen (secondary N) is 1. The third kappa shape index (κ3) is 4.82. The summed E-state index contributed by atoms with van der Waals surface area (Å²) in [6, 6.07) is 10.7. The molecule has 0 saturated carbocycles. The van der Waals surface area contributed by atoms with Gasteiger partial charge in [0.05, 0.1) is 6.20 Å². The first-order valence-corrected chi connectivity index (χ1v) is 12.7. The Bertz CT molecular complexity index is 856. The zero-order chi connectivity index (χ0) is 23.1. The third-order valence-electron chi connectivity index (χ3n) is 7.89. The highest BCUT2D eigenvalue weighted by Gasteiger charge is 2.38. The highest BCUT2D eigenvalue weighted by molar-refractivity contribution is 5.30. The molecule has 0 radical (unpaired) electrons. The number of aromatic amines is 1. The second kappa shape index (κ2) is 8.95. The van der Waals surface area contributed by atoms with Crippen LogP contribution in [0.1, 0.15) is 109 Å². The van der Waals surface area contributed by atoms with E-state index in [1.807, 2.05) is 6.20 Å². The summed E-state index contributed by atoms with van der Waals surface area (Å²) in [5, 5.41) is 7.24. The Balaban J connectivity index is 1.54. The smallest absolute Gasteiger partial charge is 0.0535 e. The van der Waals surface area contributed by atoms with Gasteiger partial charge in [-0.25, -0.2) is 0 Å². The lowest BCUT2D eigenvalue weighted by Gasteiger charge is -2.48. The van der Waals surface area contributed by atoms with Crippen molar-refractivity contribution in [3.63, 3.8) is 0 Å². The minimum Gasteiger partial charge on any atom is -0.291 e. The van der Waals surface area contributed by atoms with Crippen molar-refractivity contribution in [3.8, 4) is 0 Å². The molecule has 1 N–H and O–H groups in total. The first kappa shape index (κ1) is 23.5. The normalized spacial score (nSPS) is 28.7. The SMILES string of the molecule is C[C@@H]1CCCN(C(C)(C)C)[C@@H]1c1ccc(C2CC[C@@H](c3cn[nH]c3)N(C(C)(C)C)C2)cc1. The van der Waals surface area contributed by atoms with Crippen molar-refractivity contribution >= 4 is 0 Å². The molecule has 2 aliphatic heterocycles. The van der Waals surface area contributed by atoms with Crippen molar-refractivity contribution in [1.82, 2.24) is 20.0 Å². The number of hydrogen-bond acceptors (Lipinski definition) is 3. The molecule has 0 amide bonds. The van der Waals surface area contributed by atoms with Crippen molar-refractivity contribution in [3.05, 3.63) is 53.3 Å². The van der Waals surface area contributed by atoms with Crippen LogP contribution >= 0.6 is 0 Å². The third-order valence-corrected chi connectivity index (χ3v) is 7.89. The Morgan fingerprint density at radius 1 is 0.844 bits per heavy atom. The molecule has 4 rings (SSSR count). The molecule has 0 bridgehead atoms. The maximum Gasteiger partial charge on any atom is 0.0535 e. The second-order valence-corrected chi connectivity index (χ2v) is 12.2. The van der Waals surface area contributed by atoms with Gasteiger partial charge in [0.1, 0.15) is 0 Å². The lowest BCUT2D eigenvalue weighted by Crippen LogP contribution is -2.49. The molecular weight excluding hydrogens is 392 g/mol. The average molecular weight is 437 g/mol. The van der Waals surface area contributed by atoms with E-state index in [0.717, 1.165) is 6.54 Å². The molecule has 32 heavy (non-hydrogen) atoms. The molecule has 0 spiro atoms. The van der Waals surface area contributed by atoms with E-state index in [1.165, 1.54) is 48.9 Å². The number of benzene rings is 1. The van der Waals surface area contributed by atoms with Gasteiger partial charge in [0.2, 0.25) is 0 Å². The van der Waals surface area contributed by atoms with Crippen LogP contribution in [0.5, 0.6) is 0 Å². The van der Waals surface area contributed by atoms with Gasteiger partial charge in [-0.2, -0.15) is 5.10 Å². The molecule has 1 aromatic carbocycles. The van der Waals surface area contributed by atoms with Crippen molar-refractivity contribution in [2.45, 2.75) is 103 Å². The molecule has 4 nitrogen and oxygen atoms in total. The lowest BCUT2D eigenvalue weighted by molar-refractivity contribution is 0.0197. The monoisotopic (exact) mass is 436 g/mol. The highest BCUT2D eigenvalue weighted by Crippen LogP contribution is 2.43. The Labute approximate surface area is 195 Å². The van der Waals surface area contributed by atoms with Crippen molar-refractivity contribution < 1.29 is 0 Å². The molecule has 176 valence electrons. The highest BCUT2D eigenvalue weighted by atomic mass is 15.2. The molecule has 2 fully saturated rings. The van der Waals surface area contributed by atoms with E-state index in [2.05, 4.69) is 98.9 Å². The summed E-state index contributed by atoms with van der Waals surface area (Å²) in [7, 11) is 0. The predicted molar refractivity (Wildman–Crippen MR) is 134 cm³/mol. The Hall–Kier alpha value is -1.65. The van der Waals surface area contributed by atoms with E-state index >= 15 is 0 Å². The maximum absolute atomic E-state index is 4.22. The van der Waals surface area contributed by atoms with E-state index in [1.54, 1.807) is 0 Å². The fourth-order valence-electron chi connectivity index (χ4n) is 6.19. The summed E-state index contributed by atoms with van der Waals surface area (Å²) < 4.78 is 0. The zero-order valence-corrected chi connectivity index (χ0v) is 21.4. The van der Waals surface area contributed by atoms with Crippen LogP contribution < -0.4 is 0 Å². The number of hydrogen-bond donors (Lipinski definition) is 1. The number of nitrogens with zero attached hydrogens (tertiary/aromatic N) is 3. The number of likely N-dealkylation sites (tertiary alicyclic amines) is 2. The van der Waals surface area contributed by atoms with Crippen LogP contribution in [0, 0.1) is 5.92 Å². The standard InChI is InChI=1S/C28H44N4/c1-20-9-8-16-31(27(2,3)4)26(20)22-12-10-21(11-13-22)23-14-15-25(24-17-29-30-18-24)32(19-23)28(5,6)7/h10-13,17-18,20,23,25-26H,8-9,14-16,19H2,1-7H3,(H,29,30)/t20-,23?,25+,26+/m1/s1. The van der Waals surface area contributed by atoms with Gasteiger partial charge < -0.3 is 0 Å². The fourth-order valence-corrected chi connectivity index (χ4v) is 6.19. The molecule has 0 aliphatic carbocycles. The largest absolute Gasteiger partial charge is 0.291 e. The van der Waals surface area contributed by atoms with Crippen LogP contribution in [0.2, 0.25) is 0 Å². The van der Waals surface area contributed by atoms with Crippen molar-refractivity contribution in [2.75, 3.05) is 13.1 Å². The predicted octanol–water partition coefficient (Wildman–Crippen LogP) is 6.70. The first-order valence-electron chi connectivity index (χ1n) is 12.7. The van der Waals surface area contributed by atoms with Crippen LogP contribution in [-0.2, 0) is 0 Å². The van der Waals surface area contributed by atoms with E-state index in [9.17, 15) is 0 Å². The number of H-pyrrole nitrogens is 1. The van der Waals surface area contributed by atoms with Crippen LogP contribution in [0.25, 0.3) is 0 Å². The van der Waals surface area contributed by atoms with Gasteiger partial charge in [0.25, 0.3) is 0 Å². The molecule has 2 aromatic rings. The van der Waals surface area contributed by atoms with Crippen LogP contribution in [0.4, 0.5) is 0 Å². The summed E-state index contributed by atoms with van der Waals surface area (Å²) in [5.74, 6) is 1.30. The molecule has 1 unspecified atom stereocenters. The van der Waals surface area contributed by atoms with Gasteiger partial charge in [0, 0.05) is 41.5 Å². The molecule has 2 saturated heterocycles. The van der Waals surface area contributed by atoms with E-state index in [0.29, 0.717) is 23.9 Å². The van der Waals surface area contributed by atoms with Crippen LogP contribution in [0.3, 0.4) is 0 Å². The summed E-state index contributed by atoms with van der Waals surface area (Å²) >= 11 is 0. The van der Waals surface area contributed by atoms with E-state index < -0.39 is 0 Å². The second-order valence-electron chi connectivity index (χ2n) is 12.2. The van der Waals surface area contributed by atoms with Gasteiger partial charge in [-0.15, -0.1) is 0 Å². The Morgan fingerprint density at radius 2 is 1.50 bits per heavy atom. The molecule has 3 heterocycles. The number of piperidine rings is 2. The summed E-state index contributed by atoms with van der Waals surface area (Å²) in [4.78, 5) is 5.41. The van der Waals surface area contributed by atoms with E-state index in [4.69, 9.17) is 0 Å². The summed E-state index contributed by atoms with van der Waals surface area (Å²) in [6.07, 6.45) is 9.14. The average Bonchev–Trinajstić information content (AvgIpc) is 3.27. The summed E-state index contributed by atoms with van der Waals surface area (Å²) in [5.41, 5.74) is 4.65. The molecule has 2 aliphatic rings. The number of rotatable bonds is 3. The maximum atomic E-state index is 4.22. The minimum atomic E-state index is 0.130. The van der Waals surface area contributed by atoms with Gasteiger partial charge in [-0.3, -0.25) is 14.9 Å². The molecule has 4 atom stereocenters. The molecule has 4 heteroatoms. The summed E-state index contributed by atoms with van der Waals surface area (Å²) in [6.45, 7) is 18.9. The minimum absolute atomic E-state index is 0.130.